The number of Topliss-reactive ketones (excluding diaryl/α,β-unsaturated/α-hetero) is 1. The van der Waals surface area contributed by atoms with Gasteiger partial charge in [0, 0.05) is 6.42 Å². The van der Waals surface area contributed by atoms with Crippen molar-refractivity contribution in [2.24, 2.45) is 11.3 Å². The average molecular weight is 194 g/mol. The molecule has 3 aliphatic rings. The van der Waals surface area contributed by atoms with Gasteiger partial charge in [-0.05, 0) is 32.6 Å². The van der Waals surface area contributed by atoms with Crippen molar-refractivity contribution >= 4 is 11.8 Å². The van der Waals surface area contributed by atoms with Crippen LogP contribution in [0.25, 0.3) is 0 Å². The van der Waals surface area contributed by atoms with Gasteiger partial charge in [-0.2, -0.15) is 0 Å². The van der Waals surface area contributed by atoms with Crippen LogP contribution in [-0.4, -0.2) is 17.4 Å². The third-order valence-electron chi connectivity index (χ3n) is 4.56. The fourth-order valence-corrected chi connectivity index (χ4v) is 3.61. The lowest BCUT2D eigenvalue weighted by Gasteiger charge is -2.53. The molecule has 3 nitrogen and oxygen atoms in total. The smallest absolute Gasteiger partial charge is 0.313 e. The fourth-order valence-electron chi connectivity index (χ4n) is 3.61. The van der Waals surface area contributed by atoms with Crippen molar-refractivity contribution < 1.29 is 14.3 Å². The molecule has 1 aliphatic heterocycles. The van der Waals surface area contributed by atoms with Crippen molar-refractivity contribution in [1.82, 2.24) is 0 Å². The standard InChI is InChI=1S/C11H14O3/c1-10-6-4-7-9(13)14-11(7,10)5-2-3-8(10)12/h7H,2-6H2,1H3/t7?,10-,11+/m1/s1. The molecule has 3 fully saturated rings. The number of rotatable bonds is 0. The van der Waals surface area contributed by atoms with Gasteiger partial charge in [0.25, 0.3) is 0 Å². The van der Waals surface area contributed by atoms with E-state index in [1.54, 1.807) is 0 Å². The Balaban J connectivity index is 2.06. The number of hydrogen-bond acceptors (Lipinski definition) is 3. The van der Waals surface area contributed by atoms with Crippen LogP contribution < -0.4 is 0 Å². The second-order valence-electron chi connectivity index (χ2n) is 5.01. The first-order chi connectivity index (χ1) is 6.60. The van der Waals surface area contributed by atoms with Crippen molar-refractivity contribution in [2.75, 3.05) is 0 Å². The Morgan fingerprint density at radius 2 is 2.14 bits per heavy atom. The third-order valence-corrected chi connectivity index (χ3v) is 4.56. The maximum atomic E-state index is 11.9. The van der Waals surface area contributed by atoms with E-state index in [9.17, 15) is 9.59 Å². The highest BCUT2D eigenvalue weighted by atomic mass is 16.6. The molecule has 2 aliphatic carbocycles. The minimum atomic E-state index is -0.389. The fraction of sp³-hybridized carbons (Fsp3) is 0.818. The molecule has 3 heteroatoms. The van der Waals surface area contributed by atoms with E-state index >= 15 is 0 Å². The molecule has 0 amide bonds. The minimum absolute atomic E-state index is 0.0248. The van der Waals surface area contributed by atoms with Crippen LogP contribution in [0.3, 0.4) is 0 Å². The Kier molecular flexibility index (Phi) is 1.33. The van der Waals surface area contributed by atoms with Gasteiger partial charge in [0.2, 0.25) is 0 Å². The van der Waals surface area contributed by atoms with Gasteiger partial charge in [0.15, 0.2) is 0 Å². The van der Waals surface area contributed by atoms with E-state index in [2.05, 4.69) is 0 Å². The molecule has 1 heterocycles. The number of carbonyl (C=O) groups is 2. The van der Waals surface area contributed by atoms with E-state index in [1.165, 1.54) is 0 Å². The number of carbonyl (C=O) groups excluding carboxylic acids is 2. The first-order valence-electron chi connectivity index (χ1n) is 5.36. The maximum absolute atomic E-state index is 11.9. The van der Waals surface area contributed by atoms with Crippen LogP contribution in [-0.2, 0) is 14.3 Å². The lowest BCUT2D eigenvalue weighted by molar-refractivity contribution is -0.231. The van der Waals surface area contributed by atoms with Gasteiger partial charge in [-0.1, -0.05) is 0 Å². The number of ketones is 1. The molecular weight excluding hydrogens is 180 g/mol. The summed E-state index contributed by atoms with van der Waals surface area (Å²) in [7, 11) is 0. The second kappa shape index (κ2) is 2.20. The number of esters is 1. The summed E-state index contributed by atoms with van der Waals surface area (Å²) in [6.07, 6.45) is 4.13. The summed E-state index contributed by atoms with van der Waals surface area (Å²) in [6.45, 7) is 1.99. The maximum Gasteiger partial charge on any atom is 0.313 e. The summed E-state index contributed by atoms with van der Waals surface area (Å²) in [6, 6.07) is 0. The van der Waals surface area contributed by atoms with Crippen LogP contribution in [0.1, 0.15) is 39.0 Å². The molecule has 3 rings (SSSR count). The topological polar surface area (TPSA) is 43.4 Å². The zero-order valence-electron chi connectivity index (χ0n) is 8.34. The Labute approximate surface area is 82.8 Å². The summed E-state index contributed by atoms with van der Waals surface area (Å²) in [4.78, 5) is 23.2. The minimum Gasteiger partial charge on any atom is -0.457 e. The summed E-state index contributed by atoms with van der Waals surface area (Å²) in [5, 5.41) is 0. The molecular formula is C11H14O3. The van der Waals surface area contributed by atoms with Crippen LogP contribution in [0, 0.1) is 11.3 Å². The third kappa shape index (κ3) is 0.645. The molecule has 0 bridgehead atoms. The van der Waals surface area contributed by atoms with E-state index < -0.39 is 0 Å². The zero-order chi connectivity index (χ0) is 9.97. The summed E-state index contributed by atoms with van der Waals surface area (Å²) < 4.78 is 5.37. The first-order valence-corrected chi connectivity index (χ1v) is 5.36. The van der Waals surface area contributed by atoms with E-state index in [0.717, 1.165) is 25.7 Å². The van der Waals surface area contributed by atoms with Gasteiger partial charge in [-0.15, -0.1) is 0 Å². The normalized spacial score (nSPS) is 50.5. The van der Waals surface area contributed by atoms with Crippen LogP contribution in [0.4, 0.5) is 0 Å². The molecule has 1 spiro atoms. The second-order valence-corrected chi connectivity index (χ2v) is 5.01. The van der Waals surface area contributed by atoms with Crippen LogP contribution in [0.2, 0.25) is 0 Å². The average Bonchev–Trinajstić information content (AvgIpc) is 2.36. The van der Waals surface area contributed by atoms with Gasteiger partial charge in [0.05, 0.1) is 11.3 Å². The van der Waals surface area contributed by atoms with Gasteiger partial charge >= 0.3 is 5.97 Å². The van der Waals surface area contributed by atoms with Crippen molar-refractivity contribution in [2.45, 2.75) is 44.6 Å². The Morgan fingerprint density at radius 3 is 2.86 bits per heavy atom. The molecule has 76 valence electrons. The van der Waals surface area contributed by atoms with E-state index in [0.29, 0.717) is 12.2 Å². The van der Waals surface area contributed by atoms with E-state index in [1.807, 2.05) is 6.92 Å². The number of ether oxygens (including phenoxy) is 1. The predicted octanol–water partition coefficient (Wildman–Crippen LogP) is 1.45. The largest absolute Gasteiger partial charge is 0.457 e. The van der Waals surface area contributed by atoms with E-state index in [-0.39, 0.29) is 22.9 Å². The SMILES string of the molecule is C[C@]12CCC3C(=O)O[C@@]31CCCC2=O. The summed E-state index contributed by atoms with van der Waals surface area (Å²) >= 11 is 0. The molecule has 0 aromatic rings. The zero-order valence-corrected chi connectivity index (χ0v) is 8.34. The molecule has 1 unspecified atom stereocenters. The molecule has 0 radical (unpaired) electrons. The summed E-state index contributed by atoms with van der Waals surface area (Å²) in [5.41, 5.74) is -0.747. The highest BCUT2D eigenvalue weighted by Gasteiger charge is 2.72. The van der Waals surface area contributed by atoms with Crippen LogP contribution in [0.5, 0.6) is 0 Å². The lowest BCUT2D eigenvalue weighted by atomic mass is 9.61. The van der Waals surface area contributed by atoms with Crippen molar-refractivity contribution in [3.63, 3.8) is 0 Å². The number of hydrogen-bond donors (Lipinski definition) is 0. The predicted molar refractivity (Wildman–Crippen MR) is 48.5 cm³/mol. The van der Waals surface area contributed by atoms with Gasteiger partial charge in [-0.3, -0.25) is 9.59 Å². The van der Waals surface area contributed by atoms with E-state index in [4.69, 9.17) is 4.74 Å². The Bertz CT molecular complexity index is 335. The molecule has 0 aromatic carbocycles. The quantitative estimate of drug-likeness (QED) is 0.548. The Morgan fingerprint density at radius 1 is 1.36 bits per heavy atom. The highest BCUT2D eigenvalue weighted by molar-refractivity contribution is 5.93. The van der Waals surface area contributed by atoms with Crippen molar-refractivity contribution in [3.8, 4) is 0 Å². The molecule has 0 N–H and O–H groups in total. The molecule has 2 saturated carbocycles. The molecule has 14 heavy (non-hydrogen) atoms. The highest BCUT2D eigenvalue weighted by Crippen LogP contribution is 2.63. The molecule has 1 saturated heterocycles. The summed E-state index contributed by atoms with van der Waals surface area (Å²) in [5.74, 6) is 0.249. The first kappa shape index (κ1) is 8.45. The monoisotopic (exact) mass is 194 g/mol. The van der Waals surface area contributed by atoms with Crippen LogP contribution >= 0.6 is 0 Å². The molecule has 3 atom stereocenters. The van der Waals surface area contributed by atoms with Crippen molar-refractivity contribution in [3.05, 3.63) is 0 Å². The van der Waals surface area contributed by atoms with Gasteiger partial charge in [0.1, 0.15) is 11.4 Å². The van der Waals surface area contributed by atoms with Gasteiger partial charge in [-0.25, -0.2) is 0 Å². The van der Waals surface area contributed by atoms with Gasteiger partial charge < -0.3 is 4.74 Å². The van der Waals surface area contributed by atoms with Crippen molar-refractivity contribution in [1.29, 1.82) is 0 Å². The lowest BCUT2D eigenvalue weighted by Crippen LogP contribution is -2.65. The Hall–Kier alpha value is -0.860. The van der Waals surface area contributed by atoms with Crippen LogP contribution in [0.15, 0.2) is 0 Å². The molecule has 0 aromatic heterocycles.